The monoisotopic (exact) mass is 527 g/mol. The molecule has 5 rings (SSSR count). The lowest BCUT2D eigenvalue weighted by Crippen LogP contribution is -2.41. The van der Waals surface area contributed by atoms with Gasteiger partial charge >= 0.3 is 0 Å². The van der Waals surface area contributed by atoms with Crippen molar-refractivity contribution in [3.05, 3.63) is 71.5 Å². The molecular formula is C29H39Cl2N5. The van der Waals surface area contributed by atoms with E-state index in [2.05, 4.69) is 77.3 Å². The molecule has 2 unspecified atom stereocenters. The molecule has 0 bridgehead atoms. The third kappa shape index (κ3) is 6.33. The highest BCUT2D eigenvalue weighted by Crippen LogP contribution is 2.34. The Bertz CT molecular complexity index is 1260. The second kappa shape index (κ2) is 13.3. The van der Waals surface area contributed by atoms with E-state index in [0.29, 0.717) is 6.04 Å². The van der Waals surface area contributed by atoms with Gasteiger partial charge in [-0.1, -0.05) is 49.7 Å². The Morgan fingerprint density at radius 2 is 1.72 bits per heavy atom. The van der Waals surface area contributed by atoms with E-state index in [1.165, 1.54) is 51.6 Å². The molecule has 194 valence electrons. The highest BCUT2D eigenvalue weighted by Gasteiger charge is 2.20. The van der Waals surface area contributed by atoms with Crippen LogP contribution in [-0.2, 0) is 19.3 Å². The van der Waals surface area contributed by atoms with Crippen LogP contribution in [-0.4, -0.2) is 35.1 Å². The molecule has 2 aromatic heterocycles. The smallest absolute Gasteiger partial charge is 0.0726 e. The highest BCUT2D eigenvalue weighted by atomic mass is 35.5. The first kappa shape index (κ1) is 28.3. The fourth-order valence-corrected chi connectivity index (χ4v) is 5.41. The molecule has 4 aromatic rings. The second-order valence-corrected chi connectivity index (χ2v) is 9.75. The fourth-order valence-electron chi connectivity index (χ4n) is 5.41. The highest BCUT2D eigenvalue weighted by molar-refractivity contribution is 5.93. The molecule has 36 heavy (non-hydrogen) atoms. The van der Waals surface area contributed by atoms with Crippen molar-refractivity contribution in [3.63, 3.8) is 0 Å². The summed E-state index contributed by atoms with van der Waals surface area (Å²) in [5.74, 6) is 0. The van der Waals surface area contributed by atoms with E-state index in [4.69, 9.17) is 10.7 Å². The van der Waals surface area contributed by atoms with Crippen LogP contribution in [0.3, 0.4) is 0 Å². The summed E-state index contributed by atoms with van der Waals surface area (Å²) in [6.07, 6.45) is 9.94. The molecule has 0 saturated carbocycles. The van der Waals surface area contributed by atoms with E-state index >= 15 is 0 Å². The Morgan fingerprint density at radius 3 is 2.56 bits per heavy atom. The number of aromatic amines is 1. The van der Waals surface area contributed by atoms with E-state index in [0.717, 1.165) is 50.7 Å². The maximum atomic E-state index is 6.53. The van der Waals surface area contributed by atoms with Crippen LogP contribution in [0.4, 0.5) is 5.69 Å². The number of hydrogen-bond acceptors (Lipinski definition) is 4. The predicted octanol–water partition coefficient (Wildman–Crippen LogP) is 6.18. The van der Waals surface area contributed by atoms with Gasteiger partial charge in [-0.25, -0.2) is 0 Å². The summed E-state index contributed by atoms with van der Waals surface area (Å²) in [7, 11) is 0. The molecule has 7 heteroatoms. The van der Waals surface area contributed by atoms with Crippen molar-refractivity contribution in [2.45, 2.75) is 64.0 Å². The Hall–Kier alpha value is -2.31. The largest absolute Gasteiger partial charge is 0.380 e. The number of aryl methyl sites for hydroxylation is 1. The number of fused-ring (bicyclic) bond motifs is 3. The van der Waals surface area contributed by atoms with Crippen LogP contribution in [0.1, 0.15) is 49.4 Å². The molecule has 0 aliphatic heterocycles. The van der Waals surface area contributed by atoms with Gasteiger partial charge in [0, 0.05) is 59.0 Å². The van der Waals surface area contributed by atoms with Gasteiger partial charge in [-0.2, -0.15) is 0 Å². The van der Waals surface area contributed by atoms with E-state index in [1.54, 1.807) is 0 Å². The second-order valence-electron chi connectivity index (χ2n) is 9.75. The van der Waals surface area contributed by atoms with Gasteiger partial charge in [0.1, 0.15) is 0 Å². The first-order valence-electron chi connectivity index (χ1n) is 12.9. The summed E-state index contributed by atoms with van der Waals surface area (Å²) >= 11 is 0. The van der Waals surface area contributed by atoms with Crippen molar-refractivity contribution in [3.8, 4) is 0 Å². The zero-order valence-electron chi connectivity index (χ0n) is 21.1. The van der Waals surface area contributed by atoms with Gasteiger partial charge in [0.15, 0.2) is 0 Å². The van der Waals surface area contributed by atoms with Crippen LogP contribution >= 0.6 is 24.8 Å². The molecule has 2 heterocycles. The van der Waals surface area contributed by atoms with Gasteiger partial charge in [0.25, 0.3) is 0 Å². The lowest BCUT2D eigenvalue weighted by Gasteiger charge is -2.26. The van der Waals surface area contributed by atoms with Crippen LogP contribution in [0.2, 0.25) is 0 Å². The number of nitrogens with zero attached hydrogens (tertiary/aromatic N) is 1. The number of rotatable bonds is 10. The van der Waals surface area contributed by atoms with E-state index in [9.17, 15) is 0 Å². The van der Waals surface area contributed by atoms with Gasteiger partial charge < -0.3 is 21.4 Å². The number of hydrogen-bond donors (Lipinski definition) is 4. The van der Waals surface area contributed by atoms with Gasteiger partial charge in [-0.3, -0.25) is 4.98 Å². The molecule has 1 aliphatic carbocycles. The summed E-state index contributed by atoms with van der Waals surface area (Å²) in [4.78, 5) is 8.36. The molecule has 2 atom stereocenters. The zero-order chi connectivity index (χ0) is 23.3. The number of pyridine rings is 1. The minimum atomic E-state index is 0. The van der Waals surface area contributed by atoms with Crippen molar-refractivity contribution >= 4 is 52.3 Å². The van der Waals surface area contributed by atoms with Crippen LogP contribution in [0.5, 0.6) is 0 Å². The molecule has 0 fully saturated rings. The van der Waals surface area contributed by atoms with Gasteiger partial charge in [-0.15, -0.1) is 24.8 Å². The number of para-hydroxylation sites is 2. The minimum Gasteiger partial charge on any atom is -0.380 e. The third-order valence-electron chi connectivity index (χ3n) is 7.11. The quantitative estimate of drug-likeness (QED) is 0.198. The lowest BCUT2D eigenvalue weighted by molar-refractivity contribution is 0.524. The topological polar surface area (TPSA) is 78.8 Å². The average Bonchev–Trinajstić information content (AvgIpc) is 3.26. The first-order chi connectivity index (χ1) is 16.7. The van der Waals surface area contributed by atoms with Crippen LogP contribution in [0, 0.1) is 0 Å². The Kier molecular flexibility index (Phi) is 10.4. The third-order valence-corrected chi connectivity index (χ3v) is 7.11. The zero-order valence-corrected chi connectivity index (χ0v) is 22.7. The minimum absolute atomic E-state index is 0. The Labute approximate surface area is 226 Å². The molecule has 0 spiro atoms. The van der Waals surface area contributed by atoms with E-state index in [1.807, 2.05) is 0 Å². The van der Waals surface area contributed by atoms with Crippen molar-refractivity contribution in [2.75, 3.05) is 18.4 Å². The molecule has 2 aromatic carbocycles. The maximum absolute atomic E-state index is 6.53. The molecule has 5 nitrogen and oxygen atoms in total. The first-order valence-corrected chi connectivity index (χ1v) is 12.9. The van der Waals surface area contributed by atoms with Crippen LogP contribution in [0.25, 0.3) is 21.8 Å². The predicted molar refractivity (Wildman–Crippen MR) is 158 cm³/mol. The average molecular weight is 529 g/mol. The van der Waals surface area contributed by atoms with Gasteiger partial charge in [0.05, 0.1) is 5.52 Å². The van der Waals surface area contributed by atoms with Crippen molar-refractivity contribution in [1.82, 2.24) is 15.3 Å². The Balaban J connectivity index is 0.00000180. The van der Waals surface area contributed by atoms with Crippen molar-refractivity contribution in [2.24, 2.45) is 5.73 Å². The van der Waals surface area contributed by atoms with E-state index in [-0.39, 0.29) is 30.9 Å². The standard InChI is InChI=1S/C29H37N5.2ClH/c1-2-9-22(19-31-18-21(30)16-20-17-32-26-13-6-3-10-23(20)26)33-29-24-11-4-7-14-27(24)34-28-15-8-5-12-25(28)29;;/h3-4,6-7,10-11,13-14,17,21-22,31-32H,2,5,8-9,12,15-16,18-19,30H2,1H3,(H,33,34);2*1H. The lowest BCUT2D eigenvalue weighted by atomic mass is 9.92. The number of nitrogens with one attached hydrogen (secondary N) is 3. The molecule has 0 radical (unpaired) electrons. The summed E-state index contributed by atoms with van der Waals surface area (Å²) in [6, 6.07) is 17.5. The molecule has 5 N–H and O–H groups in total. The van der Waals surface area contributed by atoms with Gasteiger partial charge in [-0.05, 0) is 61.8 Å². The normalized spacial score (nSPS) is 14.5. The van der Waals surface area contributed by atoms with Gasteiger partial charge in [0.2, 0.25) is 0 Å². The number of nitrogens with two attached hydrogens (primary N) is 1. The molecule has 1 aliphatic rings. The number of aromatic nitrogens is 2. The van der Waals surface area contributed by atoms with Crippen LogP contribution in [0.15, 0.2) is 54.7 Å². The molecule has 0 saturated heterocycles. The summed E-state index contributed by atoms with van der Waals surface area (Å²) in [5, 5.41) is 10.1. The summed E-state index contributed by atoms with van der Waals surface area (Å²) < 4.78 is 0. The van der Waals surface area contributed by atoms with Crippen LogP contribution < -0.4 is 16.4 Å². The fraction of sp³-hybridized carbons (Fsp3) is 0.414. The molecular weight excluding hydrogens is 489 g/mol. The van der Waals surface area contributed by atoms with Crippen molar-refractivity contribution in [1.29, 1.82) is 0 Å². The number of halogens is 2. The summed E-state index contributed by atoms with van der Waals surface area (Å²) in [5.41, 5.74) is 14.1. The SMILES string of the molecule is CCCC(CNCC(N)Cc1c[nH]c2ccccc12)Nc1c2c(nc3ccccc13)CCCC2.Cl.Cl. The number of anilines is 1. The summed E-state index contributed by atoms with van der Waals surface area (Å²) in [6.45, 7) is 3.97. The maximum Gasteiger partial charge on any atom is 0.0726 e. The Morgan fingerprint density at radius 1 is 0.972 bits per heavy atom. The van der Waals surface area contributed by atoms with E-state index < -0.39 is 0 Å². The van der Waals surface area contributed by atoms with Crippen molar-refractivity contribution < 1.29 is 0 Å². The number of H-pyrrole nitrogens is 1. The number of benzene rings is 2. The molecule has 0 amide bonds.